The van der Waals surface area contributed by atoms with Crippen molar-refractivity contribution in [3.8, 4) is 0 Å². The van der Waals surface area contributed by atoms with E-state index < -0.39 is 0 Å². The van der Waals surface area contributed by atoms with Crippen LogP contribution in [0, 0.1) is 0 Å². The molecule has 3 N–H and O–H groups in total. The summed E-state index contributed by atoms with van der Waals surface area (Å²) in [6, 6.07) is 7.71. The number of hydrogen-bond acceptors (Lipinski definition) is 3. The molecule has 1 heterocycles. The van der Waals surface area contributed by atoms with Gasteiger partial charge in [-0.15, -0.1) is 12.4 Å². The molecule has 1 aromatic rings. The smallest absolute Gasteiger partial charge is 0.224 e. The predicted molar refractivity (Wildman–Crippen MR) is 89.7 cm³/mol. The summed E-state index contributed by atoms with van der Waals surface area (Å²) >= 11 is 0. The minimum Gasteiger partial charge on any atom is -0.399 e. The van der Waals surface area contributed by atoms with Crippen LogP contribution in [-0.4, -0.2) is 36.5 Å². The van der Waals surface area contributed by atoms with Crippen LogP contribution in [0.4, 0.5) is 5.69 Å². The second-order valence-electron chi connectivity index (χ2n) is 5.75. The molecule has 1 saturated heterocycles. The molecule has 1 fully saturated rings. The highest BCUT2D eigenvalue weighted by Gasteiger charge is 2.15. The molecule has 0 radical (unpaired) electrons. The van der Waals surface area contributed by atoms with E-state index in [0.29, 0.717) is 12.1 Å². The average molecular weight is 312 g/mol. The number of piperidine rings is 1. The van der Waals surface area contributed by atoms with Crippen LogP contribution in [0.25, 0.3) is 0 Å². The van der Waals surface area contributed by atoms with Gasteiger partial charge in [0.2, 0.25) is 5.91 Å². The molecule has 2 rings (SSSR count). The Bertz CT molecular complexity index is 447. The molecule has 21 heavy (non-hydrogen) atoms. The van der Waals surface area contributed by atoms with Crippen LogP contribution in [0.5, 0.6) is 0 Å². The van der Waals surface area contributed by atoms with Crippen LogP contribution < -0.4 is 11.1 Å². The minimum absolute atomic E-state index is 0. The number of carbonyl (C=O) groups is 1. The number of nitrogens with one attached hydrogen (secondary N) is 1. The van der Waals surface area contributed by atoms with Gasteiger partial charge in [0.05, 0.1) is 6.42 Å². The number of nitrogen functional groups attached to an aromatic ring is 1. The Morgan fingerprint density at radius 1 is 1.33 bits per heavy atom. The Morgan fingerprint density at radius 2 is 2.05 bits per heavy atom. The lowest BCUT2D eigenvalue weighted by molar-refractivity contribution is -0.121. The van der Waals surface area contributed by atoms with Gasteiger partial charge in [-0.2, -0.15) is 0 Å². The summed E-state index contributed by atoms with van der Waals surface area (Å²) in [5.74, 6) is 0.0695. The molecule has 1 unspecified atom stereocenters. The normalized spacial score (nSPS) is 16.8. The predicted octanol–water partition coefficient (Wildman–Crippen LogP) is 2.22. The fourth-order valence-electron chi connectivity index (χ4n) is 2.79. The number of nitrogens with zero attached hydrogens (tertiary/aromatic N) is 1. The Kier molecular flexibility index (Phi) is 7.54. The summed E-state index contributed by atoms with van der Waals surface area (Å²) in [4.78, 5) is 14.4. The van der Waals surface area contributed by atoms with Gasteiger partial charge in [-0.05, 0) is 50.6 Å². The van der Waals surface area contributed by atoms with Gasteiger partial charge in [0.15, 0.2) is 0 Å². The first-order valence-corrected chi connectivity index (χ1v) is 7.49. The fourth-order valence-corrected chi connectivity index (χ4v) is 2.79. The van der Waals surface area contributed by atoms with Crippen molar-refractivity contribution in [2.24, 2.45) is 0 Å². The van der Waals surface area contributed by atoms with Gasteiger partial charge in [-0.1, -0.05) is 18.6 Å². The van der Waals surface area contributed by atoms with Crippen molar-refractivity contribution in [3.05, 3.63) is 29.8 Å². The highest BCUT2D eigenvalue weighted by Crippen LogP contribution is 2.09. The summed E-state index contributed by atoms with van der Waals surface area (Å²) in [7, 11) is 0. The van der Waals surface area contributed by atoms with E-state index >= 15 is 0 Å². The van der Waals surface area contributed by atoms with Crippen LogP contribution in [-0.2, 0) is 11.2 Å². The number of likely N-dealkylation sites (tertiary alicyclic amines) is 1. The number of rotatable bonds is 5. The van der Waals surface area contributed by atoms with Gasteiger partial charge in [-0.3, -0.25) is 4.79 Å². The monoisotopic (exact) mass is 311 g/mol. The topological polar surface area (TPSA) is 58.4 Å². The first kappa shape index (κ1) is 17.8. The Balaban J connectivity index is 0.00000220. The van der Waals surface area contributed by atoms with E-state index in [0.717, 1.165) is 25.2 Å². The molecule has 0 spiro atoms. The summed E-state index contributed by atoms with van der Waals surface area (Å²) in [5.41, 5.74) is 7.39. The van der Waals surface area contributed by atoms with Gasteiger partial charge in [0.1, 0.15) is 0 Å². The maximum atomic E-state index is 12.0. The highest BCUT2D eigenvalue weighted by atomic mass is 35.5. The quantitative estimate of drug-likeness (QED) is 0.820. The Hall–Kier alpha value is -1.26. The molecule has 0 saturated carbocycles. The standard InChI is InChI=1S/C16H25N3O.ClH/c1-13(12-19-8-3-2-4-9-19)18-16(20)11-14-6-5-7-15(17)10-14;/h5-7,10,13H,2-4,8-9,11-12,17H2,1H3,(H,18,20);1H. The van der Waals surface area contributed by atoms with Gasteiger partial charge < -0.3 is 16.0 Å². The summed E-state index contributed by atoms with van der Waals surface area (Å²) < 4.78 is 0. The van der Waals surface area contributed by atoms with E-state index in [1.165, 1.54) is 19.3 Å². The zero-order valence-electron chi connectivity index (χ0n) is 12.7. The zero-order chi connectivity index (χ0) is 14.4. The summed E-state index contributed by atoms with van der Waals surface area (Å²) in [6.07, 6.45) is 4.30. The van der Waals surface area contributed by atoms with Gasteiger partial charge in [0.25, 0.3) is 0 Å². The van der Waals surface area contributed by atoms with E-state index in [1.54, 1.807) is 0 Å². The molecule has 1 atom stereocenters. The van der Waals surface area contributed by atoms with Crippen LogP contribution in [0.15, 0.2) is 24.3 Å². The minimum atomic E-state index is 0. The van der Waals surface area contributed by atoms with Crippen molar-refractivity contribution in [3.63, 3.8) is 0 Å². The van der Waals surface area contributed by atoms with E-state index in [2.05, 4.69) is 17.1 Å². The number of amides is 1. The third-order valence-corrected chi connectivity index (χ3v) is 3.70. The second kappa shape index (κ2) is 8.90. The van der Waals surface area contributed by atoms with Gasteiger partial charge in [0, 0.05) is 18.3 Å². The maximum Gasteiger partial charge on any atom is 0.224 e. The molecule has 0 aliphatic carbocycles. The van der Waals surface area contributed by atoms with Crippen molar-refractivity contribution in [1.29, 1.82) is 0 Å². The number of carbonyl (C=O) groups excluding carboxylic acids is 1. The van der Waals surface area contributed by atoms with Crippen molar-refractivity contribution in [1.82, 2.24) is 10.2 Å². The van der Waals surface area contributed by atoms with Crippen molar-refractivity contribution in [2.45, 2.75) is 38.6 Å². The summed E-state index contributed by atoms with van der Waals surface area (Å²) in [5, 5.41) is 3.07. The van der Waals surface area contributed by atoms with Crippen LogP contribution >= 0.6 is 12.4 Å². The van der Waals surface area contributed by atoms with Crippen LogP contribution in [0.1, 0.15) is 31.7 Å². The number of anilines is 1. The Labute approximate surface area is 133 Å². The SMILES string of the molecule is CC(CN1CCCCC1)NC(=O)Cc1cccc(N)c1.Cl. The third kappa shape index (κ3) is 6.36. The molecular formula is C16H26ClN3O. The molecule has 1 amide bonds. The molecule has 4 nitrogen and oxygen atoms in total. The molecule has 0 aromatic heterocycles. The first-order chi connectivity index (χ1) is 9.63. The molecule has 1 aliphatic rings. The lowest BCUT2D eigenvalue weighted by Crippen LogP contribution is -2.44. The van der Waals surface area contributed by atoms with Crippen LogP contribution in [0.2, 0.25) is 0 Å². The largest absolute Gasteiger partial charge is 0.399 e. The van der Waals surface area contributed by atoms with Gasteiger partial charge in [-0.25, -0.2) is 0 Å². The summed E-state index contributed by atoms with van der Waals surface area (Å²) in [6.45, 7) is 5.35. The van der Waals surface area contributed by atoms with Gasteiger partial charge >= 0.3 is 0 Å². The molecule has 1 aliphatic heterocycles. The van der Waals surface area contributed by atoms with E-state index in [9.17, 15) is 4.79 Å². The Morgan fingerprint density at radius 3 is 2.71 bits per heavy atom. The van der Waals surface area contributed by atoms with Crippen molar-refractivity contribution in [2.75, 3.05) is 25.4 Å². The molecule has 5 heteroatoms. The maximum absolute atomic E-state index is 12.0. The van der Waals surface area contributed by atoms with E-state index in [-0.39, 0.29) is 24.4 Å². The van der Waals surface area contributed by atoms with Crippen LogP contribution in [0.3, 0.4) is 0 Å². The zero-order valence-corrected chi connectivity index (χ0v) is 13.5. The van der Waals surface area contributed by atoms with E-state index in [4.69, 9.17) is 5.73 Å². The second-order valence-corrected chi connectivity index (χ2v) is 5.75. The fraction of sp³-hybridized carbons (Fsp3) is 0.562. The molecule has 118 valence electrons. The molecular weight excluding hydrogens is 286 g/mol. The molecule has 1 aromatic carbocycles. The average Bonchev–Trinajstić information content (AvgIpc) is 2.39. The number of hydrogen-bond donors (Lipinski definition) is 2. The third-order valence-electron chi connectivity index (χ3n) is 3.70. The highest BCUT2D eigenvalue weighted by molar-refractivity contribution is 5.85. The number of nitrogens with two attached hydrogens (primary N) is 1. The number of benzene rings is 1. The van der Waals surface area contributed by atoms with E-state index in [1.807, 2.05) is 24.3 Å². The van der Waals surface area contributed by atoms with Crippen molar-refractivity contribution >= 4 is 24.0 Å². The molecule has 0 bridgehead atoms. The lowest BCUT2D eigenvalue weighted by atomic mass is 10.1. The lowest BCUT2D eigenvalue weighted by Gasteiger charge is -2.29. The first-order valence-electron chi connectivity index (χ1n) is 7.49. The van der Waals surface area contributed by atoms with Crippen molar-refractivity contribution < 1.29 is 4.79 Å². The number of halogens is 1.